The topological polar surface area (TPSA) is 35.2 Å². The summed E-state index contributed by atoms with van der Waals surface area (Å²) in [6.45, 7) is 3.21. The molecule has 0 amide bonds. The zero-order chi connectivity index (χ0) is 11.6. The van der Waals surface area contributed by atoms with Crippen LogP contribution in [0, 0.1) is 0 Å². The van der Waals surface area contributed by atoms with Gasteiger partial charge in [-0.15, -0.1) is 0 Å². The van der Waals surface area contributed by atoms with Crippen LogP contribution in [-0.2, 0) is 4.74 Å². The number of rotatable bonds is 8. The van der Waals surface area contributed by atoms with Crippen molar-refractivity contribution in [1.82, 2.24) is 0 Å². The van der Waals surface area contributed by atoms with E-state index in [0.29, 0.717) is 12.1 Å². The maximum Gasteiger partial charge on any atom is 0.0589 e. The standard InChI is InChI=1S/C14H29NO/c1-2-3-4-5-6-9-13(15)12-14-10-7-8-11-16-14/h13-14H,2-12,15H2,1H3. The van der Waals surface area contributed by atoms with Crippen LogP contribution in [0.4, 0.5) is 0 Å². The van der Waals surface area contributed by atoms with Crippen LogP contribution >= 0.6 is 0 Å². The van der Waals surface area contributed by atoms with Crippen molar-refractivity contribution in [1.29, 1.82) is 0 Å². The molecule has 1 fully saturated rings. The predicted molar refractivity (Wildman–Crippen MR) is 69.6 cm³/mol. The maximum absolute atomic E-state index is 6.14. The number of hydrogen-bond donors (Lipinski definition) is 1. The molecule has 0 aromatic heterocycles. The van der Waals surface area contributed by atoms with Gasteiger partial charge < -0.3 is 10.5 Å². The molecule has 1 rings (SSSR count). The molecule has 0 aromatic rings. The average Bonchev–Trinajstić information content (AvgIpc) is 2.30. The van der Waals surface area contributed by atoms with Crippen LogP contribution in [0.25, 0.3) is 0 Å². The molecule has 16 heavy (non-hydrogen) atoms. The molecule has 2 nitrogen and oxygen atoms in total. The van der Waals surface area contributed by atoms with Crippen molar-refractivity contribution in [2.75, 3.05) is 6.61 Å². The van der Waals surface area contributed by atoms with Gasteiger partial charge in [0.25, 0.3) is 0 Å². The SMILES string of the molecule is CCCCCCCC(N)CC1CCCCO1. The van der Waals surface area contributed by atoms with E-state index in [1.165, 1.54) is 57.8 Å². The maximum atomic E-state index is 6.14. The second-order valence-corrected chi connectivity index (χ2v) is 5.19. The van der Waals surface area contributed by atoms with Crippen LogP contribution in [0.1, 0.15) is 71.1 Å². The fraction of sp³-hybridized carbons (Fsp3) is 1.00. The summed E-state index contributed by atoms with van der Waals surface area (Å²) in [6, 6.07) is 0.365. The van der Waals surface area contributed by atoms with Gasteiger partial charge in [-0.1, -0.05) is 39.0 Å². The number of nitrogens with two attached hydrogens (primary N) is 1. The van der Waals surface area contributed by atoms with Crippen molar-refractivity contribution in [2.45, 2.75) is 83.3 Å². The van der Waals surface area contributed by atoms with Crippen LogP contribution in [-0.4, -0.2) is 18.8 Å². The predicted octanol–water partition coefficient (Wildman–Crippen LogP) is 3.63. The molecule has 0 radical (unpaired) electrons. The van der Waals surface area contributed by atoms with Gasteiger partial charge in [-0.25, -0.2) is 0 Å². The van der Waals surface area contributed by atoms with Crippen molar-refractivity contribution in [2.24, 2.45) is 5.73 Å². The van der Waals surface area contributed by atoms with Gasteiger partial charge >= 0.3 is 0 Å². The van der Waals surface area contributed by atoms with Crippen LogP contribution in [0.5, 0.6) is 0 Å². The van der Waals surface area contributed by atoms with E-state index in [1.807, 2.05) is 0 Å². The summed E-state index contributed by atoms with van der Waals surface area (Å²) >= 11 is 0. The second-order valence-electron chi connectivity index (χ2n) is 5.19. The number of ether oxygens (including phenoxy) is 1. The fourth-order valence-electron chi connectivity index (χ4n) is 2.46. The minimum Gasteiger partial charge on any atom is -0.378 e. The summed E-state index contributed by atoms with van der Waals surface area (Å²) in [6.07, 6.45) is 13.2. The average molecular weight is 227 g/mol. The normalized spacial score (nSPS) is 23.2. The van der Waals surface area contributed by atoms with E-state index in [1.54, 1.807) is 0 Å². The van der Waals surface area contributed by atoms with Gasteiger partial charge in [0.05, 0.1) is 6.10 Å². The van der Waals surface area contributed by atoms with Crippen LogP contribution in [0.15, 0.2) is 0 Å². The van der Waals surface area contributed by atoms with E-state index in [9.17, 15) is 0 Å². The van der Waals surface area contributed by atoms with Gasteiger partial charge in [-0.2, -0.15) is 0 Å². The van der Waals surface area contributed by atoms with E-state index in [2.05, 4.69) is 6.92 Å². The monoisotopic (exact) mass is 227 g/mol. The Morgan fingerprint density at radius 1 is 1.19 bits per heavy atom. The first-order valence-corrected chi connectivity index (χ1v) is 7.20. The van der Waals surface area contributed by atoms with E-state index in [4.69, 9.17) is 10.5 Å². The highest BCUT2D eigenvalue weighted by Gasteiger charge is 2.16. The van der Waals surface area contributed by atoms with Crippen molar-refractivity contribution >= 4 is 0 Å². The van der Waals surface area contributed by atoms with Crippen molar-refractivity contribution in [3.8, 4) is 0 Å². The molecule has 2 heteroatoms. The third kappa shape index (κ3) is 6.49. The van der Waals surface area contributed by atoms with Crippen LogP contribution in [0.2, 0.25) is 0 Å². The number of unbranched alkanes of at least 4 members (excludes halogenated alkanes) is 4. The van der Waals surface area contributed by atoms with E-state index in [-0.39, 0.29) is 0 Å². The molecule has 1 aliphatic rings. The zero-order valence-electron chi connectivity index (χ0n) is 10.9. The Morgan fingerprint density at radius 3 is 2.69 bits per heavy atom. The lowest BCUT2D eigenvalue weighted by Crippen LogP contribution is -2.29. The first-order valence-electron chi connectivity index (χ1n) is 7.20. The molecule has 1 saturated heterocycles. The van der Waals surface area contributed by atoms with E-state index >= 15 is 0 Å². The lowest BCUT2D eigenvalue weighted by molar-refractivity contribution is 0.00690. The lowest BCUT2D eigenvalue weighted by atomic mass is 9.98. The molecular formula is C14H29NO. The highest BCUT2D eigenvalue weighted by atomic mass is 16.5. The largest absolute Gasteiger partial charge is 0.378 e. The molecule has 0 aliphatic carbocycles. The van der Waals surface area contributed by atoms with Gasteiger partial charge in [-0.3, -0.25) is 0 Å². The Hall–Kier alpha value is -0.0800. The minimum atomic E-state index is 0.365. The second kappa shape index (κ2) is 9.00. The number of hydrogen-bond acceptors (Lipinski definition) is 2. The quantitative estimate of drug-likeness (QED) is 0.643. The Labute approximate surface area is 101 Å². The summed E-state index contributed by atoms with van der Waals surface area (Å²) in [5.41, 5.74) is 6.14. The van der Waals surface area contributed by atoms with Crippen LogP contribution in [0.3, 0.4) is 0 Å². The van der Waals surface area contributed by atoms with E-state index < -0.39 is 0 Å². The van der Waals surface area contributed by atoms with Gasteiger partial charge in [0, 0.05) is 12.6 Å². The van der Waals surface area contributed by atoms with Gasteiger partial charge in [-0.05, 0) is 32.1 Å². The van der Waals surface area contributed by atoms with Crippen LogP contribution < -0.4 is 5.73 Å². The first-order chi connectivity index (χ1) is 7.83. The van der Waals surface area contributed by atoms with Crippen molar-refractivity contribution < 1.29 is 4.74 Å². The Bertz CT molecular complexity index is 155. The summed E-state index contributed by atoms with van der Waals surface area (Å²) in [5.74, 6) is 0. The summed E-state index contributed by atoms with van der Waals surface area (Å²) < 4.78 is 5.71. The first kappa shape index (κ1) is 14.0. The Kier molecular flexibility index (Phi) is 7.87. The van der Waals surface area contributed by atoms with Crippen molar-refractivity contribution in [3.05, 3.63) is 0 Å². The van der Waals surface area contributed by atoms with Gasteiger partial charge in [0.1, 0.15) is 0 Å². The van der Waals surface area contributed by atoms with E-state index in [0.717, 1.165) is 13.0 Å². The van der Waals surface area contributed by atoms with Gasteiger partial charge in [0.2, 0.25) is 0 Å². The molecule has 0 bridgehead atoms. The highest BCUT2D eigenvalue weighted by Crippen LogP contribution is 2.18. The summed E-state index contributed by atoms with van der Waals surface area (Å²) in [7, 11) is 0. The summed E-state index contributed by atoms with van der Waals surface area (Å²) in [5, 5.41) is 0. The summed E-state index contributed by atoms with van der Waals surface area (Å²) in [4.78, 5) is 0. The molecule has 1 aliphatic heterocycles. The Balaban J connectivity index is 1.95. The minimum absolute atomic E-state index is 0.365. The molecule has 2 atom stereocenters. The Morgan fingerprint density at radius 2 is 2.00 bits per heavy atom. The highest BCUT2D eigenvalue weighted by molar-refractivity contribution is 4.71. The smallest absolute Gasteiger partial charge is 0.0589 e. The van der Waals surface area contributed by atoms with Gasteiger partial charge in [0.15, 0.2) is 0 Å². The molecule has 0 saturated carbocycles. The fourth-order valence-corrected chi connectivity index (χ4v) is 2.46. The molecule has 2 N–H and O–H groups in total. The third-order valence-corrected chi connectivity index (χ3v) is 3.52. The molecular weight excluding hydrogens is 198 g/mol. The zero-order valence-corrected chi connectivity index (χ0v) is 10.9. The molecule has 2 unspecified atom stereocenters. The molecule has 96 valence electrons. The third-order valence-electron chi connectivity index (χ3n) is 3.52. The molecule has 0 aromatic carbocycles. The lowest BCUT2D eigenvalue weighted by Gasteiger charge is -2.25. The van der Waals surface area contributed by atoms with Crippen molar-refractivity contribution in [3.63, 3.8) is 0 Å². The molecule has 0 spiro atoms. The molecule has 1 heterocycles.